The fourth-order valence-corrected chi connectivity index (χ4v) is 0.960. The van der Waals surface area contributed by atoms with Gasteiger partial charge in [-0.3, -0.25) is 4.21 Å². The molecule has 0 aliphatic heterocycles. The summed E-state index contributed by atoms with van der Waals surface area (Å²) >= 11 is 0. The van der Waals surface area contributed by atoms with Gasteiger partial charge in [-0.05, 0) is 0 Å². The van der Waals surface area contributed by atoms with E-state index < -0.39 is 10.8 Å². The Morgan fingerprint density at radius 2 is 2.00 bits per heavy atom. The second-order valence-electron chi connectivity index (χ2n) is 1.86. The van der Waals surface area contributed by atoms with Gasteiger partial charge in [0.1, 0.15) is 0 Å². The zero-order valence-corrected chi connectivity index (χ0v) is 7.09. The molecule has 1 aromatic rings. The van der Waals surface area contributed by atoms with Crippen LogP contribution in [0.5, 0.6) is 5.75 Å². The zero-order valence-electron chi connectivity index (χ0n) is 6.27. The van der Waals surface area contributed by atoms with Crippen LogP contribution in [0.1, 0.15) is 0 Å². The summed E-state index contributed by atoms with van der Waals surface area (Å²) in [5, 5.41) is 0.325. The van der Waals surface area contributed by atoms with Crippen molar-refractivity contribution in [3.8, 4) is 5.75 Å². The highest BCUT2D eigenvalue weighted by molar-refractivity contribution is 7.84. The molecule has 1 heterocycles. The average Bonchev–Trinajstić information content (AvgIpc) is 2.05. The van der Waals surface area contributed by atoms with E-state index in [1.165, 1.54) is 25.8 Å². The normalized spacial score (nSPS) is 12.5. The SMILES string of the molecule is COc1cnc(S(C)=O)nc1. The minimum atomic E-state index is -1.12. The van der Waals surface area contributed by atoms with Gasteiger partial charge in [0, 0.05) is 6.26 Å². The van der Waals surface area contributed by atoms with Crippen molar-refractivity contribution in [2.45, 2.75) is 5.16 Å². The summed E-state index contributed by atoms with van der Waals surface area (Å²) in [6.45, 7) is 0. The summed E-state index contributed by atoms with van der Waals surface area (Å²) < 4.78 is 15.6. The Kier molecular flexibility index (Phi) is 2.53. The quantitative estimate of drug-likeness (QED) is 0.599. The maximum absolute atomic E-state index is 10.8. The molecule has 1 rings (SSSR count). The Hall–Kier alpha value is -0.970. The summed E-state index contributed by atoms with van der Waals surface area (Å²) in [6.07, 6.45) is 4.51. The first-order chi connectivity index (χ1) is 5.24. The van der Waals surface area contributed by atoms with Crippen molar-refractivity contribution in [2.24, 2.45) is 0 Å². The molecule has 0 aliphatic carbocycles. The van der Waals surface area contributed by atoms with Gasteiger partial charge in [-0.1, -0.05) is 0 Å². The van der Waals surface area contributed by atoms with E-state index in [0.717, 1.165) is 0 Å². The summed E-state index contributed by atoms with van der Waals surface area (Å²) in [7, 11) is 0.412. The zero-order chi connectivity index (χ0) is 8.27. The molecule has 0 spiro atoms. The summed E-state index contributed by atoms with van der Waals surface area (Å²) in [5.41, 5.74) is 0. The van der Waals surface area contributed by atoms with Crippen LogP contribution in [0.2, 0.25) is 0 Å². The van der Waals surface area contributed by atoms with Gasteiger partial charge in [-0.25, -0.2) is 9.97 Å². The maximum atomic E-state index is 10.8. The third kappa shape index (κ3) is 1.98. The van der Waals surface area contributed by atoms with Gasteiger partial charge in [0.15, 0.2) is 5.75 Å². The van der Waals surface area contributed by atoms with Gasteiger partial charge in [0.2, 0.25) is 5.16 Å². The molecule has 0 saturated heterocycles. The van der Waals surface area contributed by atoms with Crippen LogP contribution in [0.3, 0.4) is 0 Å². The largest absolute Gasteiger partial charge is 0.494 e. The van der Waals surface area contributed by atoms with Crippen molar-refractivity contribution in [3.63, 3.8) is 0 Å². The first kappa shape index (κ1) is 8.13. The van der Waals surface area contributed by atoms with Crippen LogP contribution in [-0.2, 0) is 10.8 Å². The first-order valence-corrected chi connectivity index (χ1v) is 4.49. The number of nitrogens with zero attached hydrogens (tertiary/aromatic N) is 2. The molecule has 0 radical (unpaired) electrons. The smallest absolute Gasteiger partial charge is 0.218 e. The van der Waals surface area contributed by atoms with Gasteiger partial charge in [0.05, 0.1) is 30.3 Å². The molecule has 4 nitrogen and oxygen atoms in total. The number of ether oxygens (including phenoxy) is 1. The Morgan fingerprint density at radius 3 is 2.36 bits per heavy atom. The van der Waals surface area contributed by atoms with E-state index in [1.807, 2.05) is 0 Å². The average molecular weight is 172 g/mol. The highest BCUT2D eigenvalue weighted by Gasteiger charge is 1.99. The summed E-state index contributed by atoms with van der Waals surface area (Å²) in [4.78, 5) is 7.63. The Morgan fingerprint density at radius 1 is 1.45 bits per heavy atom. The molecule has 0 aliphatic rings. The van der Waals surface area contributed by atoms with Crippen molar-refractivity contribution in [3.05, 3.63) is 12.4 Å². The summed E-state index contributed by atoms with van der Waals surface area (Å²) in [5.74, 6) is 0.569. The highest BCUT2D eigenvalue weighted by Crippen LogP contribution is 2.05. The number of methoxy groups -OCH3 is 1. The molecule has 0 aromatic carbocycles. The fraction of sp³-hybridized carbons (Fsp3) is 0.333. The Bertz CT molecular complexity index is 260. The maximum Gasteiger partial charge on any atom is 0.218 e. The monoisotopic (exact) mass is 172 g/mol. The van der Waals surface area contributed by atoms with E-state index >= 15 is 0 Å². The van der Waals surface area contributed by atoms with E-state index in [2.05, 4.69) is 9.97 Å². The van der Waals surface area contributed by atoms with Crippen LogP contribution in [0.25, 0.3) is 0 Å². The van der Waals surface area contributed by atoms with Gasteiger partial charge in [-0.15, -0.1) is 0 Å². The second kappa shape index (κ2) is 3.43. The molecule has 0 bridgehead atoms. The number of hydrogen-bond donors (Lipinski definition) is 0. The molecule has 5 heteroatoms. The van der Waals surface area contributed by atoms with E-state index in [0.29, 0.717) is 10.9 Å². The molecule has 1 atom stereocenters. The Labute approximate surface area is 67.1 Å². The lowest BCUT2D eigenvalue weighted by Gasteiger charge is -1.97. The second-order valence-corrected chi connectivity index (χ2v) is 3.13. The molecule has 0 amide bonds. The third-order valence-corrected chi connectivity index (χ3v) is 1.82. The molecule has 0 N–H and O–H groups in total. The molecule has 0 saturated carbocycles. The van der Waals surface area contributed by atoms with Crippen molar-refractivity contribution in [1.82, 2.24) is 9.97 Å². The van der Waals surface area contributed by atoms with Gasteiger partial charge in [-0.2, -0.15) is 0 Å². The number of rotatable bonds is 2. The highest BCUT2D eigenvalue weighted by atomic mass is 32.2. The van der Waals surface area contributed by atoms with E-state index in [1.54, 1.807) is 0 Å². The van der Waals surface area contributed by atoms with Crippen molar-refractivity contribution in [2.75, 3.05) is 13.4 Å². The van der Waals surface area contributed by atoms with E-state index in [-0.39, 0.29) is 0 Å². The molecular weight excluding hydrogens is 164 g/mol. The molecule has 60 valence electrons. The molecule has 1 unspecified atom stereocenters. The lowest BCUT2D eigenvalue weighted by atomic mass is 10.6. The van der Waals surface area contributed by atoms with Crippen molar-refractivity contribution < 1.29 is 8.95 Å². The fourth-order valence-electron chi connectivity index (χ4n) is 0.558. The number of hydrogen-bond acceptors (Lipinski definition) is 4. The summed E-state index contributed by atoms with van der Waals surface area (Å²) in [6, 6.07) is 0. The first-order valence-electron chi connectivity index (χ1n) is 2.93. The van der Waals surface area contributed by atoms with Crippen molar-refractivity contribution in [1.29, 1.82) is 0 Å². The van der Waals surface area contributed by atoms with Crippen LogP contribution < -0.4 is 4.74 Å². The van der Waals surface area contributed by atoms with E-state index in [9.17, 15) is 4.21 Å². The van der Waals surface area contributed by atoms with Gasteiger partial charge < -0.3 is 4.74 Å². The molecule has 0 fully saturated rings. The van der Waals surface area contributed by atoms with Crippen molar-refractivity contribution >= 4 is 10.8 Å². The minimum Gasteiger partial charge on any atom is -0.494 e. The van der Waals surface area contributed by atoms with Gasteiger partial charge in [0.25, 0.3) is 0 Å². The standard InChI is InChI=1S/C6H8N2O2S/c1-10-5-3-7-6(8-4-5)11(2)9/h3-4H,1-2H3. The van der Waals surface area contributed by atoms with Gasteiger partial charge >= 0.3 is 0 Å². The Balaban J connectivity index is 2.91. The third-order valence-electron chi connectivity index (χ3n) is 1.10. The van der Waals surface area contributed by atoms with Crippen LogP contribution in [0, 0.1) is 0 Å². The van der Waals surface area contributed by atoms with Crippen LogP contribution in [0.4, 0.5) is 0 Å². The minimum absolute atomic E-state index is 0.325. The number of aromatic nitrogens is 2. The predicted molar refractivity (Wildman–Crippen MR) is 40.9 cm³/mol. The lowest BCUT2D eigenvalue weighted by Crippen LogP contribution is -1.96. The van der Waals surface area contributed by atoms with Crippen LogP contribution in [-0.4, -0.2) is 27.5 Å². The molecular formula is C6H8N2O2S. The topological polar surface area (TPSA) is 52.1 Å². The van der Waals surface area contributed by atoms with E-state index in [4.69, 9.17) is 4.74 Å². The predicted octanol–water partition coefficient (Wildman–Crippen LogP) is 0.223. The lowest BCUT2D eigenvalue weighted by molar-refractivity contribution is 0.409. The molecule has 1 aromatic heterocycles. The van der Waals surface area contributed by atoms with Crippen LogP contribution in [0.15, 0.2) is 17.6 Å². The molecule has 11 heavy (non-hydrogen) atoms. The van der Waals surface area contributed by atoms with Crippen LogP contribution >= 0.6 is 0 Å².